The molecule has 1 aromatic rings. The van der Waals surface area contributed by atoms with Crippen molar-refractivity contribution in [2.24, 2.45) is 0 Å². The molecule has 0 radical (unpaired) electrons. The van der Waals surface area contributed by atoms with E-state index in [1.807, 2.05) is 0 Å². The molecule has 1 aliphatic rings. The number of aliphatic carboxylic acids is 1. The summed E-state index contributed by atoms with van der Waals surface area (Å²) in [5.74, 6) is -0.937. The predicted octanol–water partition coefficient (Wildman–Crippen LogP) is 0.415. The first-order valence-corrected chi connectivity index (χ1v) is 7.57. The number of carboxylic acid groups (broad SMARTS) is 1. The van der Waals surface area contributed by atoms with Gasteiger partial charge in [-0.05, 0) is 26.7 Å². The lowest BCUT2D eigenvalue weighted by Crippen LogP contribution is -2.26. The quantitative estimate of drug-likeness (QED) is 0.789. The van der Waals surface area contributed by atoms with E-state index >= 15 is 0 Å². The van der Waals surface area contributed by atoms with Gasteiger partial charge < -0.3 is 5.11 Å². The minimum absolute atomic E-state index is 0.0335. The first-order chi connectivity index (χ1) is 8.81. The summed E-state index contributed by atoms with van der Waals surface area (Å²) in [6.45, 7) is 3.43. The normalized spacial score (nSPS) is 15.7. The fourth-order valence-electron chi connectivity index (χ4n) is 1.97. The minimum atomic E-state index is -3.56. The van der Waals surface area contributed by atoms with E-state index in [-0.39, 0.29) is 23.9 Å². The highest BCUT2D eigenvalue weighted by Gasteiger charge is 2.31. The van der Waals surface area contributed by atoms with Gasteiger partial charge in [0.2, 0.25) is 10.0 Å². The molecule has 1 heterocycles. The zero-order valence-corrected chi connectivity index (χ0v) is 11.7. The van der Waals surface area contributed by atoms with Crippen LogP contribution < -0.4 is 4.72 Å². The second kappa shape index (κ2) is 4.93. The van der Waals surface area contributed by atoms with Crippen molar-refractivity contribution in [1.29, 1.82) is 0 Å². The van der Waals surface area contributed by atoms with E-state index in [2.05, 4.69) is 9.82 Å². The summed E-state index contributed by atoms with van der Waals surface area (Å²) in [5, 5.41) is 12.8. The number of nitrogens with zero attached hydrogens (tertiary/aromatic N) is 2. The van der Waals surface area contributed by atoms with Gasteiger partial charge in [-0.25, -0.2) is 13.1 Å². The van der Waals surface area contributed by atoms with Crippen molar-refractivity contribution in [3.05, 3.63) is 11.4 Å². The molecule has 0 bridgehead atoms. The molecular weight excluding hydrogens is 270 g/mol. The molecule has 1 fully saturated rings. The Morgan fingerprint density at radius 3 is 2.63 bits per heavy atom. The van der Waals surface area contributed by atoms with E-state index in [1.165, 1.54) is 4.68 Å². The minimum Gasteiger partial charge on any atom is -0.481 e. The van der Waals surface area contributed by atoms with Crippen LogP contribution >= 0.6 is 0 Å². The molecule has 0 unspecified atom stereocenters. The molecule has 0 atom stereocenters. The predicted molar refractivity (Wildman–Crippen MR) is 67.3 cm³/mol. The maximum absolute atomic E-state index is 12.2. The summed E-state index contributed by atoms with van der Waals surface area (Å²) < 4.78 is 28.4. The summed E-state index contributed by atoms with van der Waals surface area (Å²) in [5.41, 5.74) is 0.878. The van der Waals surface area contributed by atoms with Crippen molar-refractivity contribution >= 4 is 16.0 Å². The van der Waals surface area contributed by atoms with Crippen molar-refractivity contribution in [3.8, 4) is 0 Å². The Hall–Kier alpha value is -1.41. The number of hydrogen-bond acceptors (Lipinski definition) is 4. The fraction of sp³-hybridized carbons (Fsp3) is 0.636. The van der Waals surface area contributed by atoms with E-state index in [1.54, 1.807) is 13.8 Å². The third kappa shape index (κ3) is 3.13. The van der Waals surface area contributed by atoms with Gasteiger partial charge in [-0.15, -0.1) is 0 Å². The summed E-state index contributed by atoms with van der Waals surface area (Å²) in [4.78, 5) is 10.7. The number of hydrogen-bond donors (Lipinski definition) is 2. The zero-order chi connectivity index (χ0) is 14.2. The van der Waals surface area contributed by atoms with Crippen LogP contribution in [0.3, 0.4) is 0 Å². The van der Waals surface area contributed by atoms with Gasteiger partial charge in [-0.3, -0.25) is 9.48 Å². The molecular formula is C11H17N3O4S. The first-order valence-electron chi connectivity index (χ1n) is 6.09. The van der Waals surface area contributed by atoms with Crippen molar-refractivity contribution in [1.82, 2.24) is 14.5 Å². The van der Waals surface area contributed by atoms with Crippen LogP contribution in [0.5, 0.6) is 0 Å². The molecule has 7 nitrogen and oxygen atoms in total. The van der Waals surface area contributed by atoms with Crippen molar-refractivity contribution < 1.29 is 18.3 Å². The fourth-order valence-corrected chi connectivity index (χ4v) is 3.68. The Balaban J connectivity index is 2.27. The zero-order valence-electron chi connectivity index (χ0n) is 10.9. The molecule has 0 saturated heterocycles. The van der Waals surface area contributed by atoms with Crippen molar-refractivity contribution in [2.75, 3.05) is 0 Å². The Morgan fingerprint density at radius 1 is 1.47 bits per heavy atom. The van der Waals surface area contributed by atoms with E-state index in [0.29, 0.717) is 11.4 Å². The molecule has 1 aromatic heterocycles. The Kier molecular flexibility index (Phi) is 3.64. The summed E-state index contributed by atoms with van der Waals surface area (Å²) in [6.07, 6.45) is 1.65. The second-order valence-corrected chi connectivity index (χ2v) is 6.41. The largest absolute Gasteiger partial charge is 0.481 e. The van der Waals surface area contributed by atoms with Crippen LogP contribution in [0, 0.1) is 13.8 Å². The van der Waals surface area contributed by atoms with Gasteiger partial charge >= 0.3 is 5.97 Å². The third-order valence-electron chi connectivity index (χ3n) is 3.02. The van der Waals surface area contributed by atoms with Crippen LogP contribution in [0.15, 0.2) is 4.90 Å². The summed E-state index contributed by atoms with van der Waals surface area (Å²) in [6, 6.07) is 0.0335. The average molecular weight is 287 g/mol. The number of aryl methyl sites for hydroxylation is 2. The Bertz CT molecular complexity index is 602. The highest BCUT2D eigenvalue weighted by molar-refractivity contribution is 7.89. The first kappa shape index (κ1) is 14.0. The van der Waals surface area contributed by atoms with Crippen LogP contribution in [-0.4, -0.2) is 35.3 Å². The van der Waals surface area contributed by atoms with Crippen LogP contribution in [0.2, 0.25) is 0 Å². The lowest BCUT2D eigenvalue weighted by Gasteiger charge is -2.06. The van der Waals surface area contributed by atoms with Crippen LogP contribution in [-0.2, 0) is 21.4 Å². The molecule has 0 amide bonds. The number of carboxylic acids is 1. The number of carbonyl (C=O) groups is 1. The van der Waals surface area contributed by atoms with Crippen LogP contribution in [0.1, 0.15) is 30.7 Å². The van der Waals surface area contributed by atoms with Crippen molar-refractivity contribution in [2.45, 2.75) is 50.6 Å². The smallest absolute Gasteiger partial charge is 0.305 e. The Labute approximate surface area is 111 Å². The van der Waals surface area contributed by atoms with E-state index < -0.39 is 16.0 Å². The molecule has 1 saturated carbocycles. The molecule has 0 spiro atoms. The molecule has 0 aliphatic heterocycles. The van der Waals surface area contributed by atoms with E-state index in [4.69, 9.17) is 5.11 Å². The monoisotopic (exact) mass is 287 g/mol. The van der Waals surface area contributed by atoms with Gasteiger partial charge in [0.1, 0.15) is 4.90 Å². The molecule has 2 rings (SSSR count). The second-order valence-electron chi connectivity index (χ2n) is 4.76. The molecule has 8 heteroatoms. The van der Waals surface area contributed by atoms with E-state index in [0.717, 1.165) is 12.8 Å². The average Bonchev–Trinajstić information content (AvgIpc) is 3.00. The molecule has 0 aromatic carbocycles. The Morgan fingerprint density at radius 2 is 2.11 bits per heavy atom. The molecule has 19 heavy (non-hydrogen) atoms. The molecule has 2 N–H and O–H groups in total. The van der Waals surface area contributed by atoms with Crippen molar-refractivity contribution in [3.63, 3.8) is 0 Å². The van der Waals surface area contributed by atoms with Gasteiger partial charge in [0.25, 0.3) is 0 Å². The lowest BCUT2D eigenvalue weighted by molar-refractivity contribution is -0.137. The maximum atomic E-state index is 12.2. The van der Waals surface area contributed by atoms with Crippen LogP contribution in [0.25, 0.3) is 0 Å². The number of sulfonamides is 1. The van der Waals surface area contributed by atoms with Gasteiger partial charge in [0.05, 0.1) is 24.4 Å². The van der Waals surface area contributed by atoms with Gasteiger partial charge in [0, 0.05) is 6.04 Å². The number of aromatic nitrogens is 2. The standard InChI is InChI=1S/C11H17N3O4S/c1-7-11(19(17,18)13-9-3-4-9)8(2)14(12-7)6-5-10(15)16/h9,13H,3-6H2,1-2H3,(H,15,16). The van der Waals surface area contributed by atoms with Gasteiger partial charge in [0.15, 0.2) is 0 Å². The third-order valence-corrected chi connectivity index (χ3v) is 4.79. The topological polar surface area (TPSA) is 101 Å². The highest BCUT2D eigenvalue weighted by atomic mass is 32.2. The molecule has 1 aliphatic carbocycles. The summed E-state index contributed by atoms with van der Waals surface area (Å²) in [7, 11) is -3.56. The highest BCUT2D eigenvalue weighted by Crippen LogP contribution is 2.25. The number of rotatable bonds is 6. The van der Waals surface area contributed by atoms with Gasteiger partial charge in [-0.1, -0.05) is 0 Å². The SMILES string of the molecule is Cc1nn(CCC(=O)O)c(C)c1S(=O)(=O)NC1CC1. The summed E-state index contributed by atoms with van der Waals surface area (Å²) >= 11 is 0. The lowest BCUT2D eigenvalue weighted by atomic mass is 10.4. The number of nitrogens with one attached hydrogen (secondary N) is 1. The van der Waals surface area contributed by atoms with Crippen LogP contribution in [0.4, 0.5) is 0 Å². The van der Waals surface area contributed by atoms with E-state index in [9.17, 15) is 13.2 Å². The maximum Gasteiger partial charge on any atom is 0.305 e. The molecule has 106 valence electrons. The van der Waals surface area contributed by atoms with Gasteiger partial charge in [-0.2, -0.15) is 5.10 Å².